The molecule has 0 aromatic carbocycles. The molecule has 2 unspecified atom stereocenters. The maximum absolute atomic E-state index is 12.0. The molecule has 2 aromatic heterocycles. The molecule has 2 aromatic rings. The van der Waals surface area contributed by atoms with E-state index in [1.54, 1.807) is 0 Å². The van der Waals surface area contributed by atoms with Crippen LogP contribution in [-0.4, -0.2) is 54.7 Å². The molecule has 6 atom stereocenters. The van der Waals surface area contributed by atoms with Gasteiger partial charge in [-0.25, -0.2) is 15.0 Å². The first-order valence-electron chi connectivity index (χ1n) is 7.85. The molecule has 0 spiro atoms. The molecule has 0 radical (unpaired) electrons. The number of aliphatic hydroxyl groups excluding tert-OH is 2. The number of hydrogen-bond acceptors (Lipinski definition) is 17. The predicted molar refractivity (Wildman–Crippen MR) is 93.3 cm³/mol. The molecule has 17 nitrogen and oxygen atoms in total. The first kappa shape index (κ1) is 24.7. The van der Waals surface area contributed by atoms with Crippen LogP contribution in [0.15, 0.2) is 12.7 Å². The Morgan fingerprint density at radius 2 is 1.84 bits per heavy atom. The summed E-state index contributed by atoms with van der Waals surface area (Å²) in [5, 5.41) is 20.4. The minimum Gasteiger partial charge on any atom is -0.790 e. The molecule has 31 heavy (non-hydrogen) atoms. The Bertz CT molecular complexity index is 1110. The molecule has 3 heterocycles. The standard InChI is InChI=1S/C10H16N5O12P3S/c11-8-5-9(13-2-12-8)15(3-14-5)10-7(17)6(16)4(25-10)1-24-30(23,31)27-29(21,22)26-28(18,19)20/h2-4,6-7,10,16-17H,1H2,(H,21,22)(H,23,31)(H2,11,12,13)(H2,18,19,20)/p-4/t4-,6-,7-,10-,30?/m1/s1. The smallest absolute Gasteiger partial charge is 0.276 e. The summed E-state index contributed by atoms with van der Waals surface area (Å²) in [5.74, 6) is 0.0471. The molecule has 0 saturated carbocycles. The topological polar surface area (TPSA) is 273 Å². The van der Waals surface area contributed by atoms with Crippen LogP contribution in [0.3, 0.4) is 0 Å². The van der Waals surface area contributed by atoms with Crippen LogP contribution < -0.4 is 25.3 Å². The number of hydrogen-bond donors (Lipinski definition) is 3. The quantitative estimate of drug-likeness (QED) is 0.280. The molecular formula is C10H12N5O12P3S-4. The highest BCUT2D eigenvalue weighted by Crippen LogP contribution is 2.60. The number of nitrogens with zero attached hydrogens (tertiary/aromatic N) is 4. The van der Waals surface area contributed by atoms with Gasteiger partial charge in [0.2, 0.25) is 0 Å². The number of nitrogens with two attached hydrogens (primary N) is 1. The van der Waals surface area contributed by atoms with Crippen molar-refractivity contribution in [2.75, 3.05) is 12.3 Å². The summed E-state index contributed by atoms with van der Waals surface area (Å²) >= 11 is 4.29. The van der Waals surface area contributed by atoms with Gasteiger partial charge < -0.3 is 49.3 Å². The highest BCUT2D eigenvalue weighted by atomic mass is 32.5. The molecule has 0 aliphatic carbocycles. The van der Waals surface area contributed by atoms with Crippen LogP contribution >= 0.6 is 22.4 Å². The number of aromatic nitrogens is 4. The maximum Gasteiger partial charge on any atom is 0.276 e. The molecular weight excluding hydrogens is 507 g/mol. The summed E-state index contributed by atoms with van der Waals surface area (Å²) in [6.07, 6.45) is -3.56. The summed E-state index contributed by atoms with van der Waals surface area (Å²) in [6.45, 7) is -5.84. The number of anilines is 1. The monoisotopic (exact) mass is 519 g/mol. The fourth-order valence-corrected chi connectivity index (χ4v) is 6.38. The number of rotatable bonds is 8. The third-order valence-corrected chi connectivity index (χ3v) is 8.38. The fourth-order valence-electron chi connectivity index (χ4n) is 2.60. The van der Waals surface area contributed by atoms with Gasteiger partial charge in [0.25, 0.3) is 7.82 Å². The van der Waals surface area contributed by atoms with Crippen LogP contribution in [0, 0.1) is 0 Å². The minimum atomic E-state index is -6.04. The number of ether oxygens (including phenoxy) is 1. The Labute approximate surface area is 177 Å². The molecule has 0 amide bonds. The van der Waals surface area contributed by atoms with Gasteiger partial charge in [0, 0.05) is 0 Å². The minimum absolute atomic E-state index is 0.0471. The average molecular weight is 519 g/mol. The number of phosphoric acid groups is 2. The zero-order chi connectivity index (χ0) is 23.2. The highest BCUT2D eigenvalue weighted by Gasteiger charge is 2.44. The Morgan fingerprint density at radius 1 is 1.16 bits per heavy atom. The van der Waals surface area contributed by atoms with Gasteiger partial charge in [0.15, 0.2) is 17.7 Å². The van der Waals surface area contributed by atoms with E-state index in [0.29, 0.717) is 0 Å². The maximum atomic E-state index is 12.0. The number of imidazole rings is 1. The van der Waals surface area contributed by atoms with Crippen LogP contribution in [-0.2, 0) is 38.8 Å². The van der Waals surface area contributed by atoms with Crippen molar-refractivity contribution in [1.82, 2.24) is 19.5 Å². The molecule has 4 N–H and O–H groups in total. The van der Waals surface area contributed by atoms with Gasteiger partial charge in [-0.2, -0.15) is 0 Å². The van der Waals surface area contributed by atoms with E-state index in [9.17, 15) is 38.9 Å². The van der Waals surface area contributed by atoms with Crippen molar-refractivity contribution in [2.45, 2.75) is 24.5 Å². The summed E-state index contributed by atoms with van der Waals surface area (Å²) in [6, 6.07) is 0. The Kier molecular flexibility index (Phi) is 6.99. The van der Waals surface area contributed by atoms with E-state index in [4.69, 9.17) is 10.5 Å². The van der Waals surface area contributed by atoms with E-state index >= 15 is 0 Å². The van der Waals surface area contributed by atoms with Crippen LogP contribution in [0.1, 0.15) is 6.23 Å². The third-order valence-electron chi connectivity index (χ3n) is 3.80. The summed E-state index contributed by atoms with van der Waals surface area (Å²) in [5.41, 5.74) is 6.02. The summed E-state index contributed by atoms with van der Waals surface area (Å²) < 4.78 is 39.8. The number of aliphatic hydroxyl groups is 2. The van der Waals surface area contributed by atoms with Crippen LogP contribution in [0.25, 0.3) is 11.2 Å². The summed E-state index contributed by atoms with van der Waals surface area (Å²) in [7, 11) is -12.0. The Balaban J connectivity index is 1.69. The first-order valence-corrected chi connectivity index (χ1v) is 13.3. The second-order valence-corrected chi connectivity index (χ2v) is 11.5. The van der Waals surface area contributed by atoms with E-state index < -0.39 is 53.5 Å². The lowest BCUT2D eigenvalue weighted by Crippen LogP contribution is -2.34. The van der Waals surface area contributed by atoms with Crippen LogP contribution in [0.5, 0.6) is 0 Å². The van der Waals surface area contributed by atoms with Gasteiger partial charge in [-0.3, -0.25) is 17.8 Å². The second-order valence-electron chi connectivity index (χ2n) is 5.93. The molecule has 1 fully saturated rings. The van der Waals surface area contributed by atoms with E-state index in [1.165, 1.54) is 10.9 Å². The lowest BCUT2D eigenvalue weighted by atomic mass is 10.1. The number of nitrogen functional groups attached to an aromatic ring is 1. The molecule has 1 saturated heterocycles. The molecule has 21 heteroatoms. The lowest BCUT2D eigenvalue weighted by molar-refractivity contribution is -0.339. The van der Waals surface area contributed by atoms with E-state index in [1.807, 2.05) is 0 Å². The van der Waals surface area contributed by atoms with E-state index in [0.717, 1.165) is 6.33 Å². The summed E-state index contributed by atoms with van der Waals surface area (Å²) in [4.78, 5) is 55.7. The van der Waals surface area contributed by atoms with Crippen LogP contribution in [0.4, 0.5) is 5.82 Å². The van der Waals surface area contributed by atoms with Crippen LogP contribution in [0.2, 0.25) is 0 Å². The Hall–Kier alpha value is -0.940. The predicted octanol–water partition coefficient (Wildman–Crippen LogP) is -4.04. The van der Waals surface area contributed by atoms with Crippen molar-refractivity contribution in [3.63, 3.8) is 0 Å². The number of fused-ring (bicyclic) bond motifs is 1. The SMILES string of the molecule is Nc1ncnc2c1ncn2[C@@H]1O[C@H](COP([O-])(=S)OP(=O)([O-])OP(=O)([O-])[O-])[C@@H](O)[C@H]1O. The van der Waals surface area contributed by atoms with E-state index in [-0.39, 0.29) is 17.0 Å². The largest absolute Gasteiger partial charge is 0.790 e. The fraction of sp³-hybridized carbons (Fsp3) is 0.500. The van der Waals surface area contributed by atoms with Crippen molar-refractivity contribution in [1.29, 1.82) is 0 Å². The molecule has 174 valence electrons. The van der Waals surface area contributed by atoms with Crippen molar-refractivity contribution in [3.05, 3.63) is 12.7 Å². The van der Waals surface area contributed by atoms with Gasteiger partial charge in [0.1, 0.15) is 36.9 Å². The highest BCUT2D eigenvalue weighted by molar-refractivity contribution is 8.07. The molecule has 0 bridgehead atoms. The average Bonchev–Trinajstić information content (AvgIpc) is 3.13. The van der Waals surface area contributed by atoms with Gasteiger partial charge in [0.05, 0.1) is 20.8 Å². The van der Waals surface area contributed by atoms with Gasteiger partial charge in [-0.1, -0.05) is 11.8 Å². The normalized spacial score (nSPS) is 28.5. The lowest BCUT2D eigenvalue weighted by Gasteiger charge is -2.39. The van der Waals surface area contributed by atoms with Crippen molar-refractivity contribution in [2.24, 2.45) is 0 Å². The van der Waals surface area contributed by atoms with Crippen molar-refractivity contribution >= 4 is 51.2 Å². The zero-order valence-corrected chi connectivity index (χ0v) is 18.3. The van der Waals surface area contributed by atoms with Crippen molar-refractivity contribution < 1.29 is 56.8 Å². The third kappa shape index (κ3) is 5.90. The van der Waals surface area contributed by atoms with Gasteiger partial charge in [-0.05, 0) is 0 Å². The van der Waals surface area contributed by atoms with Crippen molar-refractivity contribution in [3.8, 4) is 0 Å². The second kappa shape index (κ2) is 8.78. The Morgan fingerprint density at radius 3 is 2.48 bits per heavy atom. The first-order chi connectivity index (χ1) is 14.2. The molecule has 3 rings (SSSR count). The molecule has 1 aliphatic heterocycles. The van der Waals surface area contributed by atoms with E-state index in [2.05, 4.69) is 39.9 Å². The zero-order valence-electron chi connectivity index (χ0n) is 14.8. The van der Waals surface area contributed by atoms with Gasteiger partial charge in [-0.15, -0.1) is 0 Å². The van der Waals surface area contributed by atoms with Gasteiger partial charge >= 0.3 is 0 Å². The molecule has 1 aliphatic rings.